The molecule has 0 saturated carbocycles. The summed E-state index contributed by atoms with van der Waals surface area (Å²) in [6, 6.07) is 10.1. The van der Waals surface area contributed by atoms with Crippen LogP contribution in [0.3, 0.4) is 0 Å². The number of aromatic nitrogens is 1. The number of aliphatic hydroxyl groups is 1. The van der Waals surface area contributed by atoms with Gasteiger partial charge in [-0.3, -0.25) is 14.4 Å². The van der Waals surface area contributed by atoms with Crippen LogP contribution in [0.4, 0.5) is 10.1 Å². The number of benzene rings is 2. The van der Waals surface area contributed by atoms with E-state index in [2.05, 4.69) is 64.1 Å². The van der Waals surface area contributed by atoms with Crippen LogP contribution in [-0.4, -0.2) is 59.0 Å². The highest BCUT2D eigenvalue weighted by Crippen LogP contribution is 2.44. The fourth-order valence-electron chi connectivity index (χ4n) is 7.27. The number of methoxy groups -OCH3 is 1. The molecular formula is C49H69ClFN5O5. The minimum absolute atomic E-state index is 0.0178. The lowest BCUT2D eigenvalue weighted by Gasteiger charge is -2.35. The number of aryl methyl sites for hydroxylation is 1. The number of amides is 3. The Morgan fingerprint density at radius 2 is 1.79 bits per heavy atom. The number of anilines is 1. The molecule has 3 aromatic rings. The first kappa shape index (κ1) is 50.6. The van der Waals surface area contributed by atoms with Crippen molar-refractivity contribution < 1.29 is 28.6 Å². The minimum atomic E-state index is -0.601. The van der Waals surface area contributed by atoms with Gasteiger partial charge in [0.2, 0.25) is 11.8 Å². The average Bonchev–Trinajstić information content (AvgIpc) is 3.64. The maximum Gasteiger partial charge on any atom is 0.263 e. The Hall–Kier alpha value is -4.74. The quantitative estimate of drug-likeness (QED) is 0.112. The summed E-state index contributed by atoms with van der Waals surface area (Å²) in [6.45, 7) is 22.9. The summed E-state index contributed by atoms with van der Waals surface area (Å²) in [7, 11) is 3.27. The predicted octanol–water partition coefficient (Wildman–Crippen LogP) is 10.9. The number of aliphatic hydroxyl groups excluding tert-OH is 1. The van der Waals surface area contributed by atoms with Crippen LogP contribution in [0.25, 0.3) is 22.4 Å². The SMILES string of the molecule is C=C1NC(=O)C(C(=O)Nc2cccc(-c3c(F)ccc(-c4cc5c(c(OC)n4)C(C)CC5)c3Cl)c2C)=CN1C.CCC(C)CCC(CC)(CC)NC(=O)C(C)CC.CCCO. The number of hydrogen-bond acceptors (Lipinski definition) is 7. The van der Waals surface area contributed by atoms with Crippen LogP contribution < -0.4 is 20.7 Å². The smallest absolute Gasteiger partial charge is 0.263 e. The molecule has 1 aromatic heterocycles. The zero-order valence-corrected chi connectivity index (χ0v) is 39.0. The Labute approximate surface area is 368 Å². The fourth-order valence-corrected chi connectivity index (χ4v) is 7.62. The normalized spacial score (nSPS) is 15.5. The van der Waals surface area contributed by atoms with Gasteiger partial charge in [0.1, 0.15) is 17.2 Å². The summed E-state index contributed by atoms with van der Waals surface area (Å²) >= 11 is 6.87. The second-order valence-electron chi connectivity index (χ2n) is 16.4. The molecule has 3 atom stereocenters. The molecule has 3 amide bonds. The number of nitrogens with one attached hydrogen (secondary N) is 3. The van der Waals surface area contributed by atoms with Gasteiger partial charge in [0.15, 0.2) is 0 Å². The summed E-state index contributed by atoms with van der Waals surface area (Å²) in [5.74, 6) is 0.723. The van der Waals surface area contributed by atoms with Crippen LogP contribution in [0.1, 0.15) is 129 Å². The third kappa shape index (κ3) is 12.7. The van der Waals surface area contributed by atoms with E-state index in [4.69, 9.17) is 26.4 Å². The zero-order valence-electron chi connectivity index (χ0n) is 38.3. The molecule has 10 nitrogen and oxygen atoms in total. The van der Waals surface area contributed by atoms with Crippen molar-refractivity contribution in [3.63, 3.8) is 0 Å². The highest BCUT2D eigenvalue weighted by molar-refractivity contribution is 6.36. The average molecular weight is 863 g/mol. The molecule has 4 N–H and O–H groups in total. The molecule has 0 bridgehead atoms. The molecule has 334 valence electrons. The lowest BCUT2D eigenvalue weighted by atomic mass is 9.84. The highest BCUT2D eigenvalue weighted by Gasteiger charge is 2.30. The summed E-state index contributed by atoms with van der Waals surface area (Å²) in [5, 5.41) is 16.7. The van der Waals surface area contributed by atoms with Gasteiger partial charge in [-0.1, -0.05) is 92.1 Å². The van der Waals surface area contributed by atoms with E-state index in [1.807, 2.05) is 19.9 Å². The molecule has 1 aliphatic carbocycles. The van der Waals surface area contributed by atoms with Crippen molar-refractivity contribution in [2.75, 3.05) is 26.1 Å². The molecule has 0 saturated heterocycles. The van der Waals surface area contributed by atoms with Crippen molar-refractivity contribution in [1.29, 1.82) is 0 Å². The second kappa shape index (κ2) is 23.5. The third-order valence-electron chi connectivity index (χ3n) is 12.2. The number of rotatable bonds is 15. The minimum Gasteiger partial charge on any atom is -0.481 e. The Morgan fingerprint density at radius 1 is 1.11 bits per heavy atom. The van der Waals surface area contributed by atoms with Gasteiger partial charge >= 0.3 is 0 Å². The Balaban J connectivity index is 0.000000378. The van der Waals surface area contributed by atoms with E-state index in [0.717, 1.165) is 62.0 Å². The van der Waals surface area contributed by atoms with Crippen LogP contribution >= 0.6 is 11.6 Å². The van der Waals surface area contributed by atoms with Gasteiger partial charge < -0.3 is 30.7 Å². The number of carbonyl (C=O) groups excluding carboxylic acids is 3. The van der Waals surface area contributed by atoms with Crippen LogP contribution in [-0.2, 0) is 20.8 Å². The molecular weight excluding hydrogens is 793 g/mol. The van der Waals surface area contributed by atoms with Gasteiger partial charge in [-0.25, -0.2) is 9.37 Å². The number of carbonyl (C=O) groups is 3. The fraction of sp³-hybridized carbons (Fsp3) is 0.510. The van der Waals surface area contributed by atoms with Crippen molar-refractivity contribution in [1.82, 2.24) is 20.5 Å². The van der Waals surface area contributed by atoms with E-state index in [9.17, 15) is 14.4 Å². The van der Waals surface area contributed by atoms with E-state index in [1.165, 1.54) is 25.1 Å². The van der Waals surface area contributed by atoms with Crippen molar-refractivity contribution in [2.24, 2.45) is 11.8 Å². The number of pyridine rings is 1. The van der Waals surface area contributed by atoms with Crippen molar-refractivity contribution in [2.45, 2.75) is 132 Å². The number of fused-ring (bicyclic) bond motifs is 1. The topological polar surface area (TPSA) is 133 Å². The van der Waals surface area contributed by atoms with E-state index < -0.39 is 17.6 Å². The van der Waals surface area contributed by atoms with Crippen LogP contribution in [0.2, 0.25) is 5.02 Å². The van der Waals surface area contributed by atoms with Crippen LogP contribution in [0.5, 0.6) is 5.88 Å². The molecule has 2 heterocycles. The van der Waals surface area contributed by atoms with E-state index in [0.29, 0.717) is 52.3 Å². The molecule has 1 aliphatic heterocycles. The molecule has 2 aliphatic rings. The van der Waals surface area contributed by atoms with E-state index >= 15 is 4.39 Å². The number of nitrogens with zero attached hydrogens (tertiary/aromatic N) is 2. The van der Waals surface area contributed by atoms with Gasteiger partial charge in [-0.2, -0.15) is 0 Å². The summed E-state index contributed by atoms with van der Waals surface area (Å²) in [4.78, 5) is 43.7. The molecule has 3 unspecified atom stereocenters. The molecule has 5 rings (SSSR count). The van der Waals surface area contributed by atoms with Gasteiger partial charge in [-0.15, -0.1) is 0 Å². The van der Waals surface area contributed by atoms with Gasteiger partial charge in [0.05, 0.1) is 17.8 Å². The molecule has 0 fully saturated rings. The predicted molar refractivity (Wildman–Crippen MR) is 247 cm³/mol. The monoisotopic (exact) mass is 861 g/mol. The maximum absolute atomic E-state index is 15.4. The first-order valence-electron chi connectivity index (χ1n) is 21.8. The van der Waals surface area contributed by atoms with Gasteiger partial charge in [0, 0.05) is 53.7 Å². The van der Waals surface area contributed by atoms with Gasteiger partial charge in [0.25, 0.3) is 11.8 Å². The van der Waals surface area contributed by atoms with Crippen molar-refractivity contribution >= 4 is 35.0 Å². The lowest BCUT2D eigenvalue weighted by Crippen LogP contribution is -2.49. The molecule has 61 heavy (non-hydrogen) atoms. The van der Waals surface area contributed by atoms with Crippen LogP contribution in [0, 0.1) is 24.6 Å². The summed E-state index contributed by atoms with van der Waals surface area (Å²) in [6.07, 6.45) is 10.7. The van der Waals surface area contributed by atoms with Crippen LogP contribution in [0.15, 0.2) is 60.6 Å². The Kier molecular flexibility index (Phi) is 19.5. The lowest BCUT2D eigenvalue weighted by molar-refractivity contribution is -0.127. The van der Waals surface area contributed by atoms with E-state index in [-0.39, 0.29) is 33.5 Å². The number of halogens is 2. The maximum atomic E-state index is 15.4. The standard InChI is InChI=1S/C30H28ClFN4O3.C16H33NO.C3H8O/c1-15-9-10-18-13-24(35-30(39-5)25(15)18)20-11-12-22(32)26(27(20)31)19-7-6-8-23(16(19)2)34-29(38)21-14-36(4)17(3)33-28(21)37;1-7-13(5)11-12-16(9-3,10-4)17-15(18)14(6)8-2;1-2-3-4/h6-8,11-15H,3,9-10H2,1-2,4-5H3,(H,33,37)(H,34,38);13-14H,7-12H2,1-6H3,(H,17,18);4H,2-3H2,1H3. The summed E-state index contributed by atoms with van der Waals surface area (Å²) in [5.41, 5.74) is 5.10. The van der Waals surface area contributed by atoms with Gasteiger partial charge in [-0.05, 0) is 111 Å². The number of ether oxygens (including phenoxy) is 1. The zero-order chi connectivity index (χ0) is 45.6. The Bertz CT molecular complexity index is 2050. The molecule has 0 radical (unpaired) electrons. The Morgan fingerprint density at radius 3 is 2.38 bits per heavy atom. The summed E-state index contributed by atoms with van der Waals surface area (Å²) < 4.78 is 21.0. The first-order chi connectivity index (χ1) is 29.0. The highest BCUT2D eigenvalue weighted by atomic mass is 35.5. The third-order valence-corrected chi connectivity index (χ3v) is 12.6. The molecule has 0 spiro atoms. The first-order valence-corrected chi connectivity index (χ1v) is 22.2. The molecule has 12 heteroatoms. The van der Waals surface area contributed by atoms with E-state index in [1.54, 1.807) is 50.2 Å². The van der Waals surface area contributed by atoms with Crippen molar-refractivity contribution in [3.05, 3.63) is 88.1 Å². The molecule has 2 aromatic carbocycles. The largest absolute Gasteiger partial charge is 0.481 e. The second-order valence-corrected chi connectivity index (χ2v) is 16.7. The van der Waals surface area contributed by atoms with Crippen molar-refractivity contribution in [3.8, 4) is 28.3 Å². The number of hydrogen-bond donors (Lipinski definition) is 4.